The van der Waals surface area contributed by atoms with Crippen molar-refractivity contribution in [2.45, 2.75) is 75.7 Å². The largest absolute Gasteiger partial charge is 0.406 e. The molecular weight excluding hydrogens is 265 g/mol. The Morgan fingerprint density at radius 2 is 1.75 bits per heavy atom. The van der Waals surface area contributed by atoms with E-state index >= 15 is 0 Å². The number of nitrogens with zero attached hydrogens (tertiary/aromatic N) is 1. The lowest BCUT2D eigenvalue weighted by atomic mass is 9.82. The predicted molar refractivity (Wildman–Crippen MR) is 72.6 cm³/mol. The van der Waals surface area contributed by atoms with Gasteiger partial charge in [-0.2, -0.15) is 13.2 Å². The minimum Gasteiger partial charge on any atom is -0.311 e. The van der Waals surface area contributed by atoms with Crippen molar-refractivity contribution in [1.29, 1.82) is 0 Å². The Morgan fingerprint density at radius 3 is 2.30 bits per heavy atom. The molecule has 1 N–H and O–H groups in total. The highest BCUT2D eigenvalue weighted by atomic mass is 19.4. The number of alkyl halides is 3. The van der Waals surface area contributed by atoms with Crippen LogP contribution in [0.4, 0.5) is 13.2 Å². The summed E-state index contributed by atoms with van der Waals surface area (Å²) >= 11 is 0. The number of nitrogens with one attached hydrogen (secondary N) is 1. The Hall–Kier alpha value is -0.290. The van der Waals surface area contributed by atoms with Crippen molar-refractivity contribution in [3.63, 3.8) is 0 Å². The molecule has 2 aliphatic carbocycles. The first-order valence-electron chi connectivity index (χ1n) is 8.01. The Kier molecular flexibility index (Phi) is 3.78. The summed E-state index contributed by atoms with van der Waals surface area (Å²) in [6, 6.07) is 0.241. The third-order valence-corrected chi connectivity index (χ3v) is 5.62. The summed E-state index contributed by atoms with van der Waals surface area (Å²) in [5, 5.41) is 3.51. The van der Waals surface area contributed by atoms with Crippen LogP contribution in [-0.4, -0.2) is 41.8 Å². The molecule has 2 atom stereocenters. The maximum absolute atomic E-state index is 13.4. The van der Waals surface area contributed by atoms with E-state index in [0.29, 0.717) is 19.0 Å². The van der Waals surface area contributed by atoms with Crippen molar-refractivity contribution in [3.05, 3.63) is 0 Å². The van der Waals surface area contributed by atoms with E-state index in [1.807, 2.05) is 6.92 Å². The molecule has 0 amide bonds. The molecule has 1 heterocycles. The Labute approximate surface area is 119 Å². The molecule has 0 spiro atoms. The fourth-order valence-electron chi connectivity index (χ4n) is 4.19. The zero-order valence-electron chi connectivity index (χ0n) is 12.2. The molecule has 0 bridgehead atoms. The zero-order chi connectivity index (χ0) is 14.4. The van der Waals surface area contributed by atoms with Gasteiger partial charge < -0.3 is 5.32 Å². The second kappa shape index (κ2) is 5.16. The standard InChI is InChI=1S/C15H25F3N2/c1-11-9-19-13(12-5-3-2-4-6-12)10-20(11)14(7-8-14)15(16,17)18/h11-13,19H,2-10H2,1H3. The SMILES string of the molecule is CC1CNC(C2CCCCC2)CN1C1(C(F)(F)F)CC1. The van der Waals surface area contributed by atoms with E-state index in [2.05, 4.69) is 5.32 Å². The molecule has 2 unspecified atom stereocenters. The highest BCUT2D eigenvalue weighted by Gasteiger charge is 2.67. The van der Waals surface area contributed by atoms with Gasteiger partial charge in [0.05, 0.1) is 0 Å². The molecule has 1 saturated heterocycles. The van der Waals surface area contributed by atoms with Gasteiger partial charge in [-0.1, -0.05) is 19.3 Å². The third-order valence-electron chi connectivity index (χ3n) is 5.62. The first-order chi connectivity index (χ1) is 9.44. The van der Waals surface area contributed by atoms with E-state index in [9.17, 15) is 13.2 Å². The summed E-state index contributed by atoms with van der Waals surface area (Å²) in [6.45, 7) is 3.19. The van der Waals surface area contributed by atoms with Gasteiger partial charge in [0.1, 0.15) is 5.54 Å². The zero-order valence-corrected chi connectivity index (χ0v) is 12.2. The highest BCUT2D eigenvalue weighted by Crippen LogP contribution is 2.54. The van der Waals surface area contributed by atoms with E-state index in [0.717, 1.165) is 0 Å². The van der Waals surface area contributed by atoms with Crippen LogP contribution in [0.3, 0.4) is 0 Å². The molecule has 20 heavy (non-hydrogen) atoms. The molecular formula is C15H25F3N2. The second-order valence-electron chi connectivity index (χ2n) is 6.94. The highest BCUT2D eigenvalue weighted by molar-refractivity contribution is 5.12. The van der Waals surface area contributed by atoms with Gasteiger partial charge in [0.2, 0.25) is 0 Å². The second-order valence-corrected chi connectivity index (χ2v) is 6.94. The van der Waals surface area contributed by atoms with Gasteiger partial charge in [0.15, 0.2) is 0 Å². The van der Waals surface area contributed by atoms with Crippen molar-refractivity contribution in [3.8, 4) is 0 Å². The van der Waals surface area contributed by atoms with Crippen molar-refractivity contribution in [2.24, 2.45) is 5.92 Å². The molecule has 3 rings (SSSR count). The monoisotopic (exact) mass is 290 g/mol. The fourth-order valence-corrected chi connectivity index (χ4v) is 4.19. The molecule has 116 valence electrons. The molecule has 3 fully saturated rings. The van der Waals surface area contributed by atoms with Crippen molar-refractivity contribution in [2.75, 3.05) is 13.1 Å². The number of hydrogen-bond acceptors (Lipinski definition) is 2. The summed E-state index contributed by atoms with van der Waals surface area (Å²) in [5.74, 6) is 0.572. The Bertz CT molecular complexity index is 346. The molecule has 3 aliphatic rings. The van der Waals surface area contributed by atoms with Crippen LogP contribution < -0.4 is 5.32 Å². The average Bonchev–Trinajstić information content (AvgIpc) is 3.21. The number of halogens is 3. The van der Waals surface area contributed by atoms with Gasteiger partial charge >= 0.3 is 6.18 Å². The van der Waals surface area contributed by atoms with E-state index in [1.165, 1.54) is 32.1 Å². The minimum atomic E-state index is -4.07. The maximum atomic E-state index is 13.4. The number of hydrogen-bond donors (Lipinski definition) is 1. The normalized spacial score (nSPS) is 36.0. The summed E-state index contributed by atoms with van der Waals surface area (Å²) in [4.78, 5) is 1.77. The first-order valence-corrected chi connectivity index (χ1v) is 8.01. The van der Waals surface area contributed by atoms with Crippen LogP contribution in [0.25, 0.3) is 0 Å². The topological polar surface area (TPSA) is 15.3 Å². The molecule has 1 aliphatic heterocycles. The van der Waals surface area contributed by atoms with E-state index in [4.69, 9.17) is 0 Å². The molecule has 0 aromatic carbocycles. The summed E-state index contributed by atoms with van der Waals surface area (Å²) in [6.07, 6.45) is 2.63. The van der Waals surface area contributed by atoms with Crippen LogP contribution in [-0.2, 0) is 0 Å². The average molecular weight is 290 g/mol. The third kappa shape index (κ3) is 2.47. The van der Waals surface area contributed by atoms with Gasteiger partial charge in [-0.25, -0.2) is 0 Å². The first kappa shape index (κ1) is 14.6. The van der Waals surface area contributed by atoms with E-state index in [-0.39, 0.29) is 24.9 Å². The molecule has 0 aromatic rings. The molecule has 0 aromatic heterocycles. The molecule has 2 nitrogen and oxygen atoms in total. The number of piperazine rings is 1. The van der Waals surface area contributed by atoms with Gasteiger partial charge in [0, 0.05) is 25.2 Å². The van der Waals surface area contributed by atoms with Crippen LogP contribution >= 0.6 is 0 Å². The lowest BCUT2D eigenvalue weighted by Crippen LogP contribution is -2.64. The smallest absolute Gasteiger partial charge is 0.311 e. The van der Waals surface area contributed by atoms with Crippen LogP contribution in [0.2, 0.25) is 0 Å². The van der Waals surface area contributed by atoms with Gasteiger partial charge in [-0.3, -0.25) is 4.90 Å². The lowest BCUT2D eigenvalue weighted by molar-refractivity contribution is -0.206. The lowest BCUT2D eigenvalue weighted by Gasteiger charge is -2.47. The van der Waals surface area contributed by atoms with Crippen molar-refractivity contribution >= 4 is 0 Å². The molecule has 5 heteroatoms. The predicted octanol–water partition coefficient (Wildman–Crippen LogP) is 3.32. The molecule has 0 radical (unpaired) electrons. The van der Waals surface area contributed by atoms with Crippen LogP contribution in [0, 0.1) is 5.92 Å². The fraction of sp³-hybridized carbons (Fsp3) is 1.00. The Balaban J connectivity index is 1.71. The minimum absolute atomic E-state index is 0.0148. The summed E-state index contributed by atoms with van der Waals surface area (Å²) < 4.78 is 40.1. The van der Waals surface area contributed by atoms with Gasteiger partial charge in [-0.15, -0.1) is 0 Å². The quantitative estimate of drug-likeness (QED) is 0.839. The summed E-state index contributed by atoms with van der Waals surface area (Å²) in [5.41, 5.74) is -1.50. The van der Waals surface area contributed by atoms with Crippen LogP contribution in [0.15, 0.2) is 0 Å². The van der Waals surface area contributed by atoms with E-state index < -0.39 is 11.7 Å². The molecule has 2 saturated carbocycles. The van der Waals surface area contributed by atoms with Gasteiger partial charge in [0.25, 0.3) is 0 Å². The van der Waals surface area contributed by atoms with Gasteiger partial charge in [-0.05, 0) is 38.5 Å². The Morgan fingerprint density at radius 1 is 1.10 bits per heavy atom. The van der Waals surface area contributed by atoms with E-state index in [1.54, 1.807) is 4.90 Å². The van der Waals surface area contributed by atoms with Crippen molar-refractivity contribution in [1.82, 2.24) is 10.2 Å². The van der Waals surface area contributed by atoms with Crippen LogP contribution in [0.1, 0.15) is 51.9 Å². The maximum Gasteiger partial charge on any atom is 0.406 e. The van der Waals surface area contributed by atoms with Crippen molar-refractivity contribution < 1.29 is 13.2 Å². The number of rotatable bonds is 2. The summed E-state index contributed by atoms with van der Waals surface area (Å²) in [7, 11) is 0. The van der Waals surface area contributed by atoms with Crippen LogP contribution in [0.5, 0.6) is 0 Å².